The van der Waals surface area contributed by atoms with E-state index in [1.54, 1.807) is 30.3 Å². The summed E-state index contributed by atoms with van der Waals surface area (Å²) in [6, 6.07) is 18.3. The summed E-state index contributed by atoms with van der Waals surface area (Å²) < 4.78 is 24.9. The Kier molecular flexibility index (Phi) is 9.40. The van der Waals surface area contributed by atoms with Crippen LogP contribution in [0.3, 0.4) is 0 Å². The van der Waals surface area contributed by atoms with Gasteiger partial charge in [-0.2, -0.15) is 0 Å². The number of halogens is 2. The van der Waals surface area contributed by atoms with E-state index in [0.29, 0.717) is 30.8 Å². The maximum absolute atomic E-state index is 14.1. The van der Waals surface area contributed by atoms with Gasteiger partial charge in [-0.25, -0.2) is 4.39 Å². The van der Waals surface area contributed by atoms with Crippen LogP contribution in [0, 0.1) is 12.7 Å². The van der Waals surface area contributed by atoms with E-state index in [2.05, 4.69) is 21.2 Å². The molecule has 8 nitrogen and oxygen atoms in total. The Labute approximate surface area is 267 Å². The number of fused-ring (bicyclic) bond motifs is 1. The summed E-state index contributed by atoms with van der Waals surface area (Å²) >= 11 is 6.29. The van der Waals surface area contributed by atoms with Gasteiger partial charge in [-0.15, -0.1) is 0 Å². The summed E-state index contributed by atoms with van der Waals surface area (Å²) in [6.45, 7) is 7.88. The van der Waals surface area contributed by atoms with Crippen molar-refractivity contribution in [3.05, 3.63) is 99.5 Å². The number of hydrogen-bond acceptors (Lipinski definition) is 6. The number of furan rings is 1. The zero-order valence-electron chi connectivity index (χ0n) is 25.7. The lowest BCUT2D eigenvalue weighted by molar-refractivity contribution is 0.0628. The van der Waals surface area contributed by atoms with Crippen molar-refractivity contribution in [2.75, 3.05) is 46.4 Å². The third kappa shape index (κ3) is 7.32. The molecule has 3 aromatic carbocycles. The van der Waals surface area contributed by atoms with Gasteiger partial charge in [0.15, 0.2) is 17.3 Å². The van der Waals surface area contributed by atoms with Gasteiger partial charge < -0.3 is 19.4 Å². The number of benzene rings is 3. The largest absolute Gasteiger partial charge is 0.494 e. The molecule has 4 aromatic rings. The van der Waals surface area contributed by atoms with E-state index in [0.717, 1.165) is 67.1 Å². The van der Waals surface area contributed by atoms with Crippen molar-refractivity contribution in [2.24, 2.45) is 0 Å². The molecule has 6 rings (SSSR count). The van der Waals surface area contributed by atoms with Crippen molar-refractivity contribution in [2.45, 2.75) is 38.9 Å². The fourth-order valence-electron chi connectivity index (χ4n) is 6.13. The number of piperazine rings is 1. The van der Waals surface area contributed by atoms with Crippen molar-refractivity contribution < 1.29 is 23.1 Å². The average molecular weight is 633 g/mol. The van der Waals surface area contributed by atoms with Crippen LogP contribution in [0.4, 0.5) is 4.39 Å². The van der Waals surface area contributed by atoms with Gasteiger partial charge >= 0.3 is 0 Å². The molecule has 2 fully saturated rings. The Morgan fingerprint density at radius 1 is 0.911 bits per heavy atom. The first-order valence-corrected chi connectivity index (χ1v) is 15.8. The predicted molar refractivity (Wildman–Crippen MR) is 172 cm³/mol. The van der Waals surface area contributed by atoms with Crippen molar-refractivity contribution in [1.29, 1.82) is 0 Å². The topological polar surface area (TPSA) is 78.3 Å². The standard InChI is InChI=1S/C35H38ClFN4O4/c1-23-3-4-24(17-29(23)36)21-40-13-15-41(16-14-40)35(43)26-6-8-31-27(19-26)20-33(45-31)34(42)38-28-9-11-39(12-10-28)22-25-5-7-32(44-2)30(37)18-25/h3-8,17-20,28H,9-16,21-22H2,1-2H3,(H,38,42). The summed E-state index contributed by atoms with van der Waals surface area (Å²) in [6.07, 6.45) is 1.57. The van der Waals surface area contributed by atoms with E-state index in [-0.39, 0.29) is 35.2 Å². The first kappa shape index (κ1) is 31.1. The van der Waals surface area contributed by atoms with Crippen molar-refractivity contribution in [3.8, 4) is 5.75 Å². The van der Waals surface area contributed by atoms with Gasteiger partial charge in [0.05, 0.1) is 7.11 Å². The number of rotatable bonds is 8. The summed E-state index contributed by atoms with van der Waals surface area (Å²) in [5.74, 6) is -0.177. The minimum Gasteiger partial charge on any atom is -0.494 e. The molecule has 236 valence electrons. The minimum absolute atomic E-state index is 0.0216. The quantitative estimate of drug-likeness (QED) is 0.261. The third-order valence-corrected chi connectivity index (χ3v) is 9.24. The molecule has 0 saturated carbocycles. The van der Waals surface area contributed by atoms with Gasteiger partial charge in [0.25, 0.3) is 11.8 Å². The highest BCUT2D eigenvalue weighted by Crippen LogP contribution is 2.24. The Morgan fingerprint density at radius 2 is 1.60 bits per heavy atom. The molecule has 1 aromatic heterocycles. The van der Waals surface area contributed by atoms with Crippen LogP contribution in [0.15, 0.2) is 65.1 Å². The van der Waals surface area contributed by atoms with Crippen LogP contribution in [-0.2, 0) is 13.1 Å². The number of aryl methyl sites for hydroxylation is 1. The van der Waals surface area contributed by atoms with Crippen LogP contribution >= 0.6 is 11.6 Å². The van der Waals surface area contributed by atoms with E-state index in [1.165, 1.54) is 18.7 Å². The number of methoxy groups -OCH3 is 1. The highest BCUT2D eigenvalue weighted by Gasteiger charge is 2.25. The highest BCUT2D eigenvalue weighted by atomic mass is 35.5. The lowest BCUT2D eigenvalue weighted by atomic mass is 10.0. The highest BCUT2D eigenvalue weighted by molar-refractivity contribution is 6.31. The molecule has 0 bridgehead atoms. The number of ether oxygens (including phenoxy) is 1. The van der Waals surface area contributed by atoms with Gasteiger partial charge in [0.1, 0.15) is 5.58 Å². The molecule has 0 radical (unpaired) electrons. The van der Waals surface area contributed by atoms with E-state index in [4.69, 9.17) is 20.8 Å². The van der Waals surface area contributed by atoms with E-state index in [1.807, 2.05) is 30.0 Å². The van der Waals surface area contributed by atoms with E-state index >= 15 is 0 Å². The molecule has 2 aliphatic rings. The normalized spacial score (nSPS) is 16.7. The fraction of sp³-hybridized carbons (Fsp3) is 0.371. The molecule has 3 heterocycles. The third-order valence-electron chi connectivity index (χ3n) is 8.83. The zero-order chi connectivity index (χ0) is 31.5. The molecular formula is C35H38ClFN4O4. The molecule has 2 saturated heterocycles. The molecule has 0 aliphatic carbocycles. The van der Waals surface area contributed by atoms with Crippen molar-refractivity contribution >= 4 is 34.4 Å². The number of likely N-dealkylation sites (tertiary alicyclic amines) is 1. The Hall–Kier alpha value is -3.92. The van der Waals surface area contributed by atoms with Crippen LogP contribution in [0.2, 0.25) is 5.02 Å². The van der Waals surface area contributed by atoms with Crippen LogP contribution in [0.1, 0.15) is 50.4 Å². The fourth-order valence-corrected chi connectivity index (χ4v) is 6.33. The summed E-state index contributed by atoms with van der Waals surface area (Å²) in [4.78, 5) is 32.9. The average Bonchev–Trinajstić information content (AvgIpc) is 3.48. The smallest absolute Gasteiger partial charge is 0.287 e. The molecule has 0 spiro atoms. The van der Waals surface area contributed by atoms with Gasteiger partial charge in [-0.05, 0) is 78.9 Å². The van der Waals surface area contributed by atoms with Gasteiger partial charge in [-0.3, -0.25) is 19.4 Å². The molecule has 10 heteroatoms. The number of nitrogens with one attached hydrogen (secondary N) is 1. The number of nitrogens with zero attached hydrogens (tertiary/aromatic N) is 3. The molecule has 2 amide bonds. The SMILES string of the molecule is COc1ccc(CN2CCC(NC(=O)c3cc4cc(C(=O)N5CCN(Cc6ccc(C)c(Cl)c6)CC5)ccc4o3)CC2)cc1F. The van der Waals surface area contributed by atoms with Gasteiger partial charge in [-0.1, -0.05) is 29.8 Å². The van der Waals surface area contributed by atoms with Crippen LogP contribution < -0.4 is 10.1 Å². The molecular weight excluding hydrogens is 595 g/mol. The first-order valence-electron chi connectivity index (χ1n) is 15.4. The van der Waals surface area contributed by atoms with Crippen molar-refractivity contribution in [1.82, 2.24) is 20.0 Å². The Morgan fingerprint density at radius 3 is 2.29 bits per heavy atom. The summed E-state index contributed by atoms with van der Waals surface area (Å²) in [5.41, 5.74) is 4.28. The van der Waals surface area contributed by atoms with Crippen LogP contribution in [-0.4, -0.2) is 78.9 Å². The number of carbonyl (C=O) groups excluding carboxylic acids is 2. The molecule has 1 N–H and O–H groups in total. The number of hydrogen-bond donors (Lipinski definition) is 1. The van der Waals surface area contributed by atoms with Gasteiger partial charge in [0, 0.05) is 74.4 Å². The van der Waals surface area contributed by atoms with E-state index < -0.39 is 0 Å². The number of piperidine rings is 1. The summed E-state index contributed by atoms with van der Waals surface area (Å²) in [7, 11) is 1.45. The summed E-state index contributed by atoms with van der Waals surface area (Å²) in [5, 5.41) is 4.60. The second kappa shape index (κ2) is 13.6. The zero-order valence-corrected chi connectivity index (χ0v) is 26.4. The maximum Gasteiger partial charge on any atom is 0.287 e. The second-order valence-corrected chi connectivity index (χ2v) is 12.4. The lowest BCUT2D eigenvalue weighted by Crippen LogP contribution is -2.48. The molecule has 45 heavy (non-hydrogen) atoms. The first-order chi connectivity index (χ1) is 21.7. The lowest BCUT2D eigenvalue weighted by Gasteiger charge is -2.34. The van der Waals surface area contributed by atoms with Crippen molar-refractivity contribution in [3.63, 3.8) is 0 Å². The maximum atomic E-state index is 14.1. The Balaban J connectivity index is 0.995. The minimum atomic E-state index is -0.363. The van der Waals surface area contributed by atoms with Gasteiger partial charge in [0.2, 0.25) is 0 Å². The second-order valence-electron chi connectivity index (χ2n) is 12.0. The Bertz CT molecular complexity index is 1690. The number of amides is 2. The molecule has 2 aliphatic heterocycles. The van der Waals surface area contributed by atoms with E-state index in [9.17, 15) is 14.0 Å². The molecule has 0 unspecified atom stereocenters. The predicted octanol–water partition coefficient (Wildman–Crippen LogP) is 5.89. The molecule has 0 atom stereocenters. The number of carbonyl (C=O) groups is 2. The monoisotopic (exact) mass is 632 g/mol. The van der Waals surface area contributed by atoms with Crippen LogP contribution in [0.5, 0.6) is 5.75 Å². The van der Waals surface area contributed by atoms with Crippen LogP contribution in [0.25, 0.3) is 11.0 Å².